The molecule has 1 aliphatic carbocycles. The molecule has 1 aliphatic heterocycles. The van der Waals surface area contributed by atoms with Gasteiger partial charge in [-0.2, -0.15) is 0 Å². The number of fused-ring (bicyclic) bond motifs is 6. The van der Waals surface area contributed by atoms with Gasteiger partial charge in [-0.3, -0.25) is 0 Å². The molecule has 0 saturated heterocycles. The first-order valence-corrected chi connectivity index (χ1v) is 23.2. The maximum absolute atomic E-state index is 7.19. The van der Waals surface area contributed by atoms with Gasteiger partial charge in [0.2, 0.25) is 0 Å². The number of para-hydroxylation sites is 1. The quantitative estimate of drug-likeness (QED) is 0.152. The second-order valence-corrected chi connectivity index (χ2v) is 17.5. The van der Waals surface area contributed by atoms with Crippen LogP contribution < -0.4 is 9.47 Å². The fourth-order valence-electron chi connectivity index (χ4n) is 10.3. The van der Waals surface area contributed by atoms with Gasteiger partial charge in [0.1, 0.15) is 0 Å². The number of nitrogens with zero attached hydrogens (tertiary/aromatic N) is 3. The summed E-state index contributed by atoms with van der Waals surface area (Å²) in [6, 6.07) is 86.7. The molecule has 1 aromatic heterocycles. The first-order valence-electron chi connectivity index (χ1n) is 23.2. The van der Waals surface area contributed by atoms with E-state index in [9.17, 15) is 0 Å². The Balaban J connectivity index is 0.883. The van der Waals surface area contributed by atoms with E-state index in [4.69, 9.17) is 24.4 Å². The summed E-state index contributed by atoms with van der Waals surface area (Å²) >= 11 is 0. The van der Waals surface area contributed by atoms with Crippen LogP contribution in [0.2, 0.25) is 0 Å². The summed E-state index contributed by atoms with van der Waals surface area (Å²) in [5.74, 6) is 4.52. The zero-order chi connectivity index (χ0) is 45.7. The van der Waals surface area contributed by atoms with Gasteiger partial charge in [-0.25, -0.2) is 15.0 Å². The van der Waals surface area contributed by atoms with Crippen LogP contribution in [0.4, 0.5) is 0 Å². The van der Waals surface area contributed by atoms with E-state index in [0.717, 1.165) is 66.8 Å². The summed E-state index contributed by atoms with van der Waals surface area (Å²) in [6.07, 6.45) is 0. The smallest absolute Gasteiger partial charge is 0.178 e. The van der Waals surface area contributed by atoms with Crippen LogP contribution >= 0.6 is 0 Å². The molecule has 0 atom stereocenters. The molecule has 5 heteroatoms. The van der Waals surface area contributed by atoms with Gasteiger partial charge in [-0.15, -0.1) is 0 Å². The van der Waals surface area contributed by atoms with E-state index >= 15 is 0 Å². The molecule has 11 aromatic rings. The highest BCUT2D eigenvalue weighted by atomic mass is 16.6. The Bertz CT molecular complexity index is 3530. The van der Waals surface area contributed by atoms with Crippen molar-refractivity contribution in [2.45, 2.75) is 5.41 Å². The second-order valence-electron chi connectivity index (χ2n) is 17.5. The molecule has 0 fully saturated rings. The molecule has 324 valence electrons. The van der Waals surface area contributed by atoms with Crippen molar-refractivity contribution in [2.75, 3.05) is 0 Å². The number of ether oxygens (including phenoxy) is 2. The zero-order valence-corrected chi connectivity index (χ0v) is 37.3. The van der Waals surface area contributed by atoms with Gasteiger partial charge in [-0.05, 0) is 67.8 Å². The largest absolute Gasteiger partial charge is 0.449 e. The van der Waals surface area contributed by atoms with Crippen LogP contribution in [0, 0.1) is 0 Å². The molecule has 13 rings (SSSR count). The summed E-state index contributed by atoms with van der Waals surface area (Å²) < 4.78 is 14.0. The lowest BCUT2D eigenvalue weighted by atomic mass is 9.68. The van der Waals surface area contributed by atoms with Gasteiger partial charge in [0.15, 0.2) is 40.5 Å². The molecule has 2 aliphatic rings. The van der Waals surface area contributed by atoms with Gasteiger partial charge < -0.3 is 9.47 Å². The fourth-order valence-corrected chi connectivity index (χ4v) is 10.3. The van der Waals surface area contributed by atoms with Crippen molar-refractivity contribution in [3.63, 3.8) is 0 Å². The lowest BCUT2D eigenvalue weighted by molar-refractivity contribution is 0.361. The summed E-state index contributed by atoms with van der Waals surface area (Å²) in [5, 5.41) is 0. The molecule has 0 unspecified atom stereocenters. The molecule has 0 radical (unpaired) electrons. The predicted molar refractivity (Wildman–Crippen MR) is 276 cm³/mol. The Kier molecular flexibility index (Phi) is 9.65. The fraction of sp³-hybridized carbons (Fsp3) is 0.0156. The van der Waals surface area contributed by atoms with E-state index < -0.39 is 5.41 Å². The summed E-state index contributed by atoms with van der Waals surface area (Å²) in [4.78, 5) is 15.3. The highest BCUT2D eigenvalue weighted by Gasteiger charge is 2.48. The van der Waals surface area contributed by atoms with Crippen molar-refractivity contribution >= 4 is 0 Å². The monoisotopic (exact) mass is 883 g/mol. The molecule has 5 nitrogen and oxygen atoms in total. The molecular formula is C64H41N3O2. The Morgan fingerprint density at radius 2 is 0.667 bits per heavy atom. The lowest BCUT2D eigenvalue weighted by Crippen LogP contribution is -2.28. The Hall–Kier alpha value is -9.19. The van der Waals surface area contributed by atoms with E-state index in [-0.39, 0.29) is 0 Å². The molecular weight excluding hydrogens is 843 g/mol. The minimum absolute atomic E-state index is 0.561. The van der Waals surface area contributed by atoms with Crippen molar-refractivity contribution in [2.24, 2.45) is 0 Å². The van der Waals surface area contributed by atoms with Gasteiger partial charge >= 0.3 is 0 Å². The zero-order valence-electron chi connectivity index (χ0n) is 37.3. The molecule has 0 N–H and O–H groups in total. The van der Waals surface area contributed by atoms with Crippen LogP contribution in [0.15, 0.2) is 249 Å². The van der Waals surface area contributed by atoms with E-state index in [1.165, 1.54) is 16.7 Å². The van der Waals surface area contributed by atoms with Crippen molar-refractivity contribution < 1.29 is 9.47 Å². The van der Waals surface area contributed by atoms with Gasteiger partial charge in [0, 0.05) is 27.8 Å². The molecule has 0 saturated carbocycles. The summed E-state index contributed by atoms with van der Waals surface area (Å²) in [6.45, 7) is 0. The SMILES string of the molecule is c1ccc(-c2ccc(-c3nc(-c4ccc(-c5ccccc5)cc4)nc(-c4ccc(-c5cccc6c5Oc5c(ccc7c5-c5ccccc5C7(c5ccccc5)c5ccccc5)O6)cc4)n3)cc2)cc1. The van der Waals surface area contributed by atoms with Crippen molar-refractivity contribution in [3.05, 3.63) is 271 Å². The Labute approximate surface area is 400 Å². The standard InChI is InChI=1S/C64H41N3O2/c1-5-16-42(17-6-1)44-28-34-47(35-29-44)61-65-62(48-36-30-45(31-37-48)43-18-7-2-8-19-43)67-63(66-61)49-38-32-46(33-39-49)52-25-15-27-56-59(52)69-60-57(68-56)41-40-55-58(60)53-24-13-14-26-54(53)64(55,50-20-9-3-10-21-50)51-22-11-4-12-23-51/h1-41H. The predicted octanol–water partition coefficient (Wildman–Crippen LogP) is 16.1. The van der Waals surface area contributed by atoms with Crippen LogP contribution in [0.25, 0.3) is 78.7 Å². The van der Waals surface area contributed by atoms with Crippen molar-refractivity contribution in [1.29, 1.82) is 0 Å². The van der Waals surface area contributed by atoms with Gasteiger partial charge in [0.25, 0.3) is 0 Å². The molecule has 0 amide bonds. The van der Waals surface area contributed by atoms with E-state index in [0.29, 0.717) is 40.5 Å². The Morgan fingerprint density at radius 3 is 1.19 bits per heavy atom. The lowest BCUT2D eigenvalue weighted by Gasteiger charge is -2.34. The van der Waals surface area contributed by atoms with E-state index in [2.05, 4.69) is 224 Å². The van der Waals surface area contributed by atoms with Crippen LogP contribution in [-0.4, -0.2) is 15.0 Å². The Morgan fingerprint density at radius 1 is 0.261 bits per heavy atom. The highest BCUT2D eigenvalue weighted by molar-refractivity contribution is 5.92. The average molecular weight is 884 g/mol. The average Bonchev–Trinajstić information content (AvgIpc) is 3.75. The van der Waals surface area contributed by atoms with E-state index in [1.54, 1.807) is 0 Å². The van der Waals surface area contributed by atoms with Crippen LogP contribution in [0.1, 0.15) is 22.3 Å². The first kappa shape index (κ1) is 40.1. The topological polar surface area (TPSA) is 57.1 Å². The third-order valence-electron chi connectivity index (χ3n) is 13.5. The minimum Gasteiger partial charge on any atom is -0.449 e. The third kappa shape index (κ3) is 6.82. The maximum atomic E-state index is 7.19. The number of rotatable bonds is 8. The van der Waals surface area contributed by atoms with Gasteiger partial charge in [0.05, 0.1) is 5.41 Å². The third-order valence-corrected chi connectivity index (χ3v) is 13.5. The molecule has 2 heterocycles. The van der Waals surface area contributed by atoms with Crippen LogP contribution in [0.5, 0.6) is 23.0 Å². The molecule has 69 heavy (non-hydrogen) atoms. The van der Waals surface area contributed by atoms with Crippen molar-refractivity contribution in [3.8, 4) is 102 Å². The summed E-state index contributed by atoms with van der Waals surface area (Å²) in [5.41, 5.74) is 15.5. The molecule has 10 aromatic carbocycles. The van der Waals surface area contributed by atoms with Gasteiger partial charge in [-0.1, -0.05) is 237 Å². The maximum Gasteiger partial charge on any atom is 0.178 e. The van der Waals surface area contributed by atoms with Crippen LogP contribution in [-0.2, 0) is 5.41 Å². The van der Waals surface area contributed by atoms with E-state index in [1.807, 2.05) is 24.3 Å². The number of benzene rings is 10. The normalized spacial score (nSPS) is 12.7. The highest BCUT2D eigenvalue weighted by Crippen LogP contribution is 2.62. The van der Waals surface area contributed by atoms with Crippen LogP contribution in [0.3, 0.4) is 0 Å². The first-order chi connectivity index (χ1) is 34.2. The number of aromatic nitrogens is 3. The second kappa shape index (κ2) is 16.6. The molecule has 0 spiro atoms. The number of hydrogen-bond acceptors (Lipinski definition) is 5. The minimum atomic E-state index is -0.561. The number of hydrogen-bond donors (Lipinski definition) is 0. The molecule has 0 bridgehead atoms. The van der Waals surface area contributed by atoms with Crippen molar-refractivity contribution in [1.82, 2.24) is 15.0 Å². The summed E-state index contributed by atoms with van der Waals surface area (Å²) in [7, 11) is 0.